The first-order valence-corrected chi connectivity index (χ1v) is 11.9. The predicted molar refractivity (Wildman–Crippen MR) is 121 cm³/mol. The molecule has 3 aromatic heterocycles. The molecule has 1 saturated heterocycles. The third-order valence-electron chi connectivity index (χ3n) is 5.34. The molecule has 0 bridgehead atoms. The van der Waals surface area contributed by atoms with Crippen molar-refractivity contribution in [2.24, 2.45) is 0 Å². The molecule has 1 aliphatic rings. The van der Waals surface area contributed by atoms with E-state index in [9.17, 15) is 13.2 Å². The second-order valence-corrected chi connectivity index (χ2v) is 9.70. The lowest BCUT2D eigenvalue weighted by Crippen LogP contribution is -2.50. The van der Waals surface area contributed by atoms with Crippen LogP contribution in [-0.4, -0.2) is 74.6 Å². The molecule has 0 saturated carbocycles. The standard InChI is InChI=1S/C21H18ClN7O3S/c22-15-4-5-17-18(11-15)27-21(26-17)33(31,32)29-9-7-28(8-10-29)20(30)19-24-12-14(13-25-19)16-3-1-2-6-23-16/h1-6,11-13H,7-10H2,(H,26,27). The first-order chi connectivity index (χ1) is 15.9. The van der Waals surface area contributed by atoms with Crippen LogP contribution in [0.5, 0.6) is 0 Å². The zero-order chi connectivity index (χ0) is 23.0. The second-order valence-electron chi connectivity index (χ2n) is 7.41. The van der Waals surface area contributed by atoms with Crippen LogP contribution in [0.3, 0.4) is 0 Å². The summed E-state index contributed by atoms with van der Waals surface area (Å²) in [6.45, 7) is 0.709. The van der Waals surface area contributed by atoms with Crippen LogP contribution in [0.2, 0.25) is 5.02 Å². The van der Waals surface area contributed by atoms with Gasteiger partial charge in [0.25, 0.3) is 15.9 Å². The largest absolute Gasteiger partial charge is 0.333 e. The summed E-state index contributed by atoms with van der Waals surface area (Å²) in [5.41, 5.74) is 2.47. The van der Waals surface area contributed by atoms with Crippen molar-refractivity contribution in [3.05, 3.63) is 65.8 Å². The number of hydrogen-bond acceptors (Lipinski definition) is 7. The molecule has 5 rings (SSSR count). The van der Waals surface area contributed by atoms with Gasteiger partial charge >= 0.3 is 0 Å². The molecule has 1 fully saturated rings. The molecule has 1 aliphatic heterocycles. The van der Waals surface area contributed by atoms with Gasteiger partial charge in [-0.25, -0.2) is 23.4 Å². The van der Waals surface area contributed by atoms with Crippen LogP contribution in [-0.2, 0) is 10.0 Å². The van der Waals surface area contributed by atoms with Crippen LogP contribution in [0, 0.1) is 0 Å². The summed E-state index contributed by atoms with van der Waals surface area (Å²) in [5.74, 6) is -0.293. The Bertz CT molecular complexity index is 1420. The molecule has 1 aromatic carbocycles. The van der Waals surface area contributed by atoms with Crippen LogP contribution in [0.15, 0.2) is 60.1 Å². The van der Waals surface area contributed by atoms with E-state index >= 15 is 0 Å². The predicted octanol–water partition coefficient (Wildman–Crippen LogP) is 2.21. The number of carbonyl (C=O) groups is 1. The minimum atomic E-state index is -3.84. The average Bonchev–Trinajstić information content (AvgIpc) is 3.28. The Hall–Kier alpha value is -3.41. The van der Waals surface area contributed by atoms with Gasteiger partial charge in [0.05, 0.1) is 16.7 Å². The maximum atomic E-state index is 13.0. The van der Waals surface area contributed by atoms with E-state index in [0.717, 1.165) is 0 Å². The maximum Gasteiger partial charge on any atom is 0.291 e. The molecule has 168 valence electrons. The molecule has 0 unspecified atom stereocenters. The van der Waals surface area contributed by atoms with Gasteiger partial charge in [0.2, 0.25) is 11.0 Å². The number of sulfonamides is 1. The summed E-state index contributed by atoms with van der Waals surface area (Å²) in [7, 11) is -3.84. The Morgan fingerprint density at radius 2 is 1.76 bits per heavy atom. The number of amides is 1. The molecular formula is C21H18ClN7O3S. The molecule has 0 spiro atoms. The molecule has 33 heavy (non-hydrogen) atoms. The van der Waals surface area contributed by atoms with Gasteiger partial charge in [-0.15, -0.1) is 0 Å². The molecular weight excluding hydrogens is 466 g/mol. The highest BCUT2D eigenvalue weighted by atomic mass is 35.5. The third-order valence-corrected chi connectivity index (χ3v) is 7.30. The van der Waals surface area contributed by atoms with Crippen LogP contribution in [0.25, 0.3) is 22.3 Å². The Kier molecular flexibility index (Phi) is 5.52. The Balaban J connectivity index is 1.26. The fourth-order valence-electron chi connectivity index (χ4n) is 3.58. The summed E-state index contributed by atoms with van der Waals surface area (Å²) in [4.78, 5) is 33.9. The van der Waals surface area contributed by atoms with Gasteiger partial charge in [-0.3, -0.25) is 9.78 Å². The number of hydrogen-bond donors (Lipinski definition) is 1. The molecule has 0 atom stereocenters. The SMILES string of the molecule is O=C(c1ncc(-c2ccccn2)cn1)N1CCN(S(=O)(=O)c2nc3ccc(Cl)cc3[nH]2)CC1. The van der Waals surface area contributed by atoms with E-state index in [4.69, 9.17) is 11.6 Å². The van der Waals surface area contributed by atoms with Gasteiger partial charge in [-0.05, 0) is 30.3 Å². The van der Waals surface area contributed by atoms with Gasteiger partial charge < -0.3 is 9.88 Å². The van der Waals surface area contributed by atoms with E-state index < -0.39 is 10.0 Å². The smallest absolute Gasteiger partial charge is 0.291 e. The van der Waals surface area contributed by atoms with Gasteiger partial charge in [0, 0.05) is 55.4 Å². The molecule has 1 N–H and O–H groups in total. The molecule has 1 amide bonds. The van der Waals surface area contributed by atoms with E-state index in [1.807, 2.05) is 18.2 Å². The highest BCUT2D eigenvalue weighted by Gasteiger charge is 2.33. The number of fused-ring (bicyclic) bond motifs is 1. The number of carbonyl (C=O) groups excluding carboxylic acids is 1. The fraction of sp³-hybridized carbons (Fsp3) is 0.190. The number of aromatic nitrogens is 5. The number of halogens is 1. The number of aromatic amines is 1. The van der Waals surface area contributed by atoms with Crippen LogP contribution in [0.4, 0.5) is 0 Å². The fourth-order valence-corrected chi connectivity index (χ4v) is 5.09. The molecule has 0 radical (unpaired) electrons. The number of nitrogens with one attached hydrogen (secondary N) is 1. The molecule has 0 aliphatic carbocycles. The summed E-state index contributed by atoms with van der Waals surface area (Å²) in [5, 5.41) is 0.338. The topological polar surface area (TPSA) is 125 Å². The number of benzene rings is 1. The highest BCUT2D eigenvalue weighted by molar-refractivity contribution is 7.89. The number of H-pyrrole nitrogens is 1. The van der Waals surface area contributed by atoms with Crippen LogP contribution >= 0.6 is 11.6 Å². The van der Waals surface area contributed by atoms with Gasteiger partial charge in [0.1, 0.15) is 0 Å². The van der Waals surface area contributed by atoms with Gasteiger partial charge in [-0.2, -0.15) is 4.31 Å². The van der Waals surface area contributed by atoms with Crippen molar-refractivity contribution in [1.82, 2.24) is 34.1 Å². The van der Waals surface area contributed by atoms with Crippen molar-refractivity contribution in [2.75, 3.05) is 26.2 Å². The molecule has 10 nitrogen and oxygen atoms in total. The highest BCUT2D eigenvalue weighted by Crippen LogP contribution is 2.22. The normalized spacial score (nSPS) is 15.1. The summed E-state index contributed by atoms with van der Waals surface area (Å²) < 4.78 is 27.4. The average molecular weight is 484 g/mol. The van der Waals surface area contributed by atoms with E-state index in [0.29, 0.717) is 27.3 Å². The number of rotatable bonds is 4. The van der Waals surface area contributed by atoms with Crippen molar-refractivity contribution < 1.29 is 13.2 Å². The summed E-state index contributed by atoms with van der Waals surface area (Å²) >= 11 is 5.97. The van der Waals surface area contributed by atoms with Gasteiger partial charge in [0.15, 0.2) is 0 Å². The van der Waals surface area contributed by atoms with Crippen molar-refractivity contribution in [3.8, 4) is 11.3 Å². The quantitative estimate of drug-likeness (QED) is 0.471. The lowest BCUT2D eigenvalue weighted by molar-refractivity contribution is 0.0685. The third kappa shape index (κ3) is 4.17. The number of pyridine rings is 1. The Labute approximate surface area is 194 Å². The number of imidazole rings is 1. The Morgan fingerprint density at radius 3 is 2.45 bits per heavy atom. The van der Waals surface area contributed by atoms with E-state index in [1.54, 1.807) is 41.7 Å². The number of nitrogens with zero attached hydrogens (tertiary/aromatic N) is 6. The van der Waals surface area contributed by atoms with Crippen molar-refractivity contribution in [2.45, 2.75) is 5.16 Å². The Morgan fingerprint density at radius 1 is 1.00 bits per heavy atom. The molecule has 12 heteroatoms. The summed E-state index contributed by atoms with van der Waals surface area (Å²) in [6, 6.07) is 10.4. The van der Waals surface area contributed by atoms with Crippen LogP contribution in [0.1, 0.15) is 10.6 Å². The van der Waals surface area contributed by atoms with Gasteiger partial charge in [-0.1, -0.05) is 17.7 Å². The minimum Gasteiger partial charge on any atom is -0.333 e. The van der Waals surface area contributed by atoms with Crippen LogP contribution < -0.4 is 0 Å². The lowest BCUT2D eigenvalue weighted by Gasteiger charge is -2.33. The monoisotopic (exact) mass is 483 g/mol. The van der Waals surface area contributed by atoms with Crippen molar-refractivity contribution in [3.63, 3.8) is 0 Å². The minimum absolute atomic E-state index is 0.0557. The van der Waals surface area contributed by atoms with E-state index in [-0.39, 0.29) is 43.1 Å². The summed E-state index contributed by atoms with van der Waals surface area (Å²) in [6.07, 6.45) is 4.77. The molecule has 4 aromatic rings. The zero-order valence-corrected chi connectivity index (χ0v) is 18.8. The molecule has 4 heterocycles. The first kappa shape index (κ1) is 21.4. The van der Waals surface area contributed by atoms with E-state index in [2.05, 4.69) is 24.9 Å². The second kappa shape index (κ2) is 8.50. The van der Waals surface area contributed by atoms with E-state index in [1.165, 1.54) is 4.31 Å². The maximum absolute atomic E-state index is 13.0. The first-order valence-electron chi connectivity index (χ1n) is 10.1. The van der Waals surface area contributed by atoms with Crippen molar-refractivity contribution >= 4 is 38.6 Å². The van der Waals surface area contributed by atoms with Crippen molar-refractivity contribution in [1.29, 1.82) is 0 Å². The lowest BCUT2D eigenvalue weighted by atomic mass is 10.2. The zero-order valence-electron chi connectivity index (χ0n) is 17.2. The number of piperazine rings is 1.